The second-order valence-corrected chi connectivity index (χ2v) is 5.56. The van der Waals surface area contributed by atoms with Gasteiger partial charge in [0.25, 0.3) is 0 Å². The van der Waals surface area contributed by atoms with Gasteiger partial charge in [0.15, 0.2) is 0 Å². The van der Waals surface area contributed by atoms with E-state index in [9.17, 15) is 0 Å². The van der Waals surface area contributed by atoms with E-state index in [1.54, 1.807) is 0 Å². The maximum atomic E-state index is 5.59. The van der Waals surface area contributed by atoms with Crippen LogP contribution in [0.25, 0.3) is 0 Å². The van der Waals surface area contributed by atoms with Gasteiger partial charge in [0.2, 0.25) is 0 Å². The predicted octanol–water partition coefficient (Wildman–Crippen LogP) is 1.49. The summed E-state index contributed by atoms with van der Waals surface area (Å²) in [7, 11) is 0. The number of nitrogens with zero attached hydrogens (tertiary/aromatic N) is 1. The van der Waals surface area contributed by atoms with Crippen LogP contribution in [0.5, 0.6) is 0 Å². The Kier molecular flexibility index (Phi) is 4.62. The van der Waals surface area contributed by atoms with Gasteiger partial charge in [-0.15, -0.1) is 0 Å². The molecule has 0 radical (unpaired) electrons. The first-order chi connectivity index (χ1) is 7.74. The van der Waals surface area contributed by atoms with E-state index >= 15 is 0 Å². The van der Waals surface area contributed by atoms with Gasteiger partial charge < -0.3 is 15.0 Å². The Morgan fingerprint density at radius 2 is 2.12 bits per heavy atom. The van der Waals surface area contributed by atoms with Crippen LogP contribution in [0.15, 0.2) is 0 Å². The molecular formula is C13H26N2O. The molecular weight excluding hydrogens is 200 g/mol. The molecule has 2 fully saturated rings. The number of hydrogen-bond acceptors (Lipinski definition) is 3. The van der Waals surface area contributed by atoms with Gasteiger partial charge in [-0.25, -0.2) is 0 Å². The molecule has 1 atom stereocenters. The van der Waals surface area contributed by atoms with Crippen molar-refractivity contribution in [1.82, 2.24) is 10.2 Å². The summed E-state index contributed by atoms with van der Waals surface area (Å²) >= 11 is 0. The highest BCUT2D eigenvalue weighted by molar-refractivity contribution is 4.84. The van der Waals surface area contributed by atoms with Crippen molar-refractivity contribution >= 4 is 0 Å². The highest BCUT2D eigenvalue weighted by atomic mass is 16.5. The van der Waals surface area contributed by atoms with Crippen LogP contribution in [0.1, 0.15) is 33.1 Å². The lowest BCUT2D eigenvalue weighted by atomic mass is 10.1. The second-order valence-electron chi connectivity index (χ2n) is 5.56. The minimum absolute atomic E-state index is 0.370. The quantitative estimate of drug-likeness (QED) is 0.712. The van der Waals surface area contributed by atoms with Gasteiger partial charge >= 0.3 is 0 Å². The molecule has 1 unspecified atom stereocenters. The molecule has 94 valence electrons. The van der Waals surface area contributed by atoms with Crippen LogP contribution in [0.2, 0.25) is 0 Å². The Bertz CT molecular complexity index is 204. The Labute approximate surface area is 99.5 Å². The van der Waals surface area contributed by atoms with Crippen LogP contribution < -0.4 is 5.32 Å². The van der Waals surface area contributed by atoms with Gasteiger partial charge in [-0.2, -0.15) is 0 Å². The lowest BCUT2D eigenvalue weighted by Gasteiger charge is -2.17. The number of nitrogens with one attached hydrogen (secondary N) is 1. The zero-order valence-electron chi connectivity index (χ0n) is 10.7. The van der Waals surface area contributed by atoms with E-state index in [0.717, 1.165) is 25.1 Å². The van der Waals surface area contributed by atoms with E-state index in [1.807, 2.05) is 0 Å². The molecule has 0 aromatic heterocycles. The summed E-state index contributed by atoms with van der Waals surface area (Å²) in [4.78, 5) is 2.54. The van der Waals surface area contributed by atoms with E-state index in [-0.39, 0.29) is 0 Å². The minimum Gasteiger partial charge on any atom is -0.377 e. The monoisotopic (exact) mass is 226 g/mol. The van der Waals surface area contributed by atoms with Crippen LogP contribution in [0.4, 0.5) is 0 Å². The van der Waals surface area contributed by atoms with E-state index in [2.05, 4.69) is 24.1 Å². The van der Waals surface area contributed by atoms with Gasteiger partial charge in [-0.1, -0.05) is 0 Å². The Morgan fingerprint density at radius 3 is 2.81 bits per heavy atom. The molecule has 1 saturated carbocycles. The molecule has 2 aliphatic rings. The summed E-state index contributed by atoms with van der Waals surface area (Å²) < 4.78 is 5.59. The summed E-state index contributed by atoms with van der Waals surface area (Å²) in [6, 6.07) is 0.860. The molecule has 3 heteroatoms. The van der Waals surface area contributed by atoms with E-state index in [1.165, 1.54) is 38.9 Å². The van der Waals surface area contributed by atoms with Crippen molar-refractivity contribution in [2.24, 2.45) is 5.92 Å². The third kappa shape index (κ3) is 4.40. The fourth-order valence-electron chi connectivity index (χ4n) is 2.32. The molecule has 16 heavy (non-hydrogen) atoms. The molecule has 0 bridgehead atoms. The summed E-state index contributed by atoms with van der Waals surface area (Å²) in [5.41, 5.74) is 0. The molecule has 0 amide bonds. The highest BCUT2D eigenvalue weighted by Crippen LogP contribution is 2.21. The molecule has 0 spiro atoms. The Hall–Kier alpha value is -0.120. The smallest absolute Gasteiger partial charge is 0.0596 e. The zero-order valence-corrected chi connectivity index (χ0v) is 10.7. The number of rotatable bonds is 7. The summed E-state index contributed by atoms with van der Waals surface area (Å²) in [6.07, 6.45) is 4.54. The second kappa shape index (κ2) is 5.99. The highest BCUT2D eigenvalue weighted by Gasteiger charge is 2.25. The third-order valence-corrected chi connectivity index (χ3v) is 3.50. The van der Waals surface area contributed by atoms with Gasteiger partial charge in [-0.3, -0.25) is 0 Å². The molecule has 0 aromatic rings. The van der Waals surface area contributed by atoms with Gasteiger partial charge in [0.05, 0.1) is 12.7 Å². The summed E-state index contributed by atoms with van der Waals surface area (Å²) in [5.74, 6) is 0.875. The molecule has 0 aromatic carbocycles. The Balaban J connectivity index is 1.52. The average Bonchev–Trinajstić information content (AvgIpc) is 2.96. The van der Waals surface area contributed by atoms with Crippen molar-refractivity contribution in [3.05, 3.63) is 0 Å². The summed E-state index contributed by atoms with van der Waals surface area (Å²) in [5, 5.41) is 3.64. The minimum atomic E-state index is 0.370. The van der Waals surface area contributed by atoms with Gasteiger partial charge in [-0.05, 0) is 52.1 Å². The Morgan fingerprint density at radius 1 is 1.31 bits per heavy atom. The molecule has 1 N–H and O–H groups in total. The molecule has 2 rings (SSSR count). The SMILES string of the molecule is CC(C)OCCN1CCC(CNC2CC2)C1. The molecule has 1 aliphatic carbocycles. The number of ether oxygens (including phenoxy) is 1. The van der Waals surface area contributed by atoms with Crippen LogP contribution in [0, 0.1) is 5.92 Å². The normalized spacial score (nSPS) is 26.8. The van der Waals surface area contributed by atoms with Crippen LogP contribution in [-0.2, 0) is 4.74 Å². The lowest BCUT2D eigenvalue weighted by molar-refractivity contribution is 0.0629. The van der Waals surface area contributed by atoms with Crippen LogP contribution in [-0.4, -0.2) is 49.8 Å². The first-order valence-electron chi connectivity index (χ1n) is 6.81. The predicted molar refractivity (Wildman–Crippen MR) is 66.7 cm³/mol. The van der Waals surface area contributed by atoms with Crippen molar-refractivity contribution in [3.8, 4) is 0 Å². The largest absolute Gasteiger partial charge is 0.377 e. The first kappa shape index (κ1) is 12.3. The van der Waals surface area contributed by atoms with E-state index in [4.69, 9.17) is 4.74 Å². The van der Waals surface area contributed by atoms with Crippen molar-refractivity contribution < 1.29 is 4.74 Å². The maximum Gasteiger partial charge on any atom is 0.0596 e. The third-order valence-electron chi connectivity index (χ3n) is 3.50. The molecule has 1 saturated heterocycles. The maximum absolute atomic E-state index is 5.59. The first-order valence-corrected chi connectivity index (χ1v) is 6.81. The summed E-state index contributed by atoms with van der Waals surface area (Å²) in [6.45, 7) is 9.96. The molecule has 3 nitrogen and oxygen atoms in total. The molecule has 1 aliphatic heterocycles. The fourth-order valence-corrected chi connectivity index (χ4v) is 2.32. The number of likely N-dealkylation sites (tertiary alicyclic amines) is 1. The van der Waals surface area contributed by atoms with Crippen molar-refractivity contribution in [2.75, 3.05) is 32.8 Å². The van der Waals surface area contributed by atoms with Crippen molar-refractivity contribution in [1.29, 1.82) is 0 Å². The fraction of sp³-hybridized carbons (Fsp3) is 1.00. The van der Waals surface area contributed by atoms with Crippen molar-refractivity contribution in [3.63, 3.8) is 0 Å². The van der Waals surface area contributed by atoms with Crippen LogP contribution >= 0.6 is 0 Å². The van der Waals surface area contributed by atoms with Gasteiger partial charge in [0, 0.05) is 19.1 Å². The topological polar surface area (TPSA) is 24.5 Å². The van der Waals surface area contributed by atoms with Crippen molar-refractivity contribution in [2.45, 2.75) is 45.3 Å². The van der Waals surface area contributed by atoms with E-state index < -0.39 is 0 Å². The van der Waals surface area contributed by atoms with Gasteiger partial charge in [0.1, 0.15) is 0 Å². The van der Waals surface area contributed by atoms with Crippen LogP contribution in [0.3, 0.4) is 0 Å². The average molecular weight is 226 g/mol. The standard InChI is InChI=1S/C13H26N2O/c1-11(2)16-8-7-15-6-5-12(10-15)9-14-13-3-4-13/h11-14H,3-10H2,1-2H3. The number of hydrogen-bond donors (Lipinski definition) is 1. The van der Waals surface area contributed by atoms with E-state index in [0.29, 0.717) is 6.10 Å². The lowest BCUT2D eigenvalue weighted by Crippen LogP contribution is -2.29. The zero-order chi connectivity index (χ0) is 11.4. The molecule has 1 heterocycles.